The lowest BCUT2D eigenvalue weighted by Crippen LogP contribution is -2.64. The molecule has 0 unspecified atom stereocenters. The topological polar surface area (TPSA) is 53.0 Å². The number of aliphatic hydroxyl groups excluding tert-OH is 1. The molecule has 5 heteroatoms. The number of amides is 1. The third-order valence-electron chi connectivity index (χ3n) is 3.76. The van der Waals surface area contributed by atoms with Gasteiger partial charge in [-0.15, -0.1) is 0 Å². The van der Waals surface area contributed by atoms with Gasteiger partial charge in [-0.2, -0.15) is 0 Å². The summed E-state index contributed by atoms with van der Waals surface area (Å²) < 4.78 is 5.60. The van der Waals surface area contributed by atoms with E-state index >= 15 is 0 Å². The summed E-state index contributed by atoms with van der Waals surface area (Å²) in [5.41, 5.74) is -0.815. The summed E-state index contributed by atoms with van der Waals surface area (Å²) in [7, 11) is 0. The summed E-state index contributed by atoms with van der Waals surface area (Å²) in [6, 6.07) is 0. The van der Waals surface area contributed by atoms with E-state index in [9.17, 15) is 9.90 Å². The Balaban J connectivity index is 2.57. The Morgan fingerprint density at radius 1 is 1.35 bits per heavy atom. The normalized spacial score (nSPS) is 22.1. The number of nitrogens with zero attached hydrogens (tertiary/aromatic N) is 2. The van der Waals surface area contributed by atoms with Gasteiger partial charge in [-0.25, -0.2) is 0 Å². The third kappa shape index (κ3) is 4.43. The number of rotatable bonds is 5. The van der Waals surface area contributed by atoms with Crippen molar-refractivity contribution in [3.8, 4) is 0 Å². The van der Waals surface area contributed by atoms with Crippen molar-refractivity contribution >= 4 is 5.91 Å². The van der Waals surface area contributed by atoms with Crippen LogP contribution in [0.2, 0.25) is 0 Å². The van der Waals surface area contributed by atoms with E-state index in [1.54, 1.807) is 0 Å². The summed E-state index contributed by atoms with van der Waals surface area (Å²) in [6.07, 6.45) is -0.575. The predicted molar refractivity (Wildman–Crippen MR) is 79.6 cm³/mol. The first-order valence-corrected chi connectivity index (χ1v) is 7.44. The van der Waals surface area contributed by atoms with Gasteiger partial charge in [0.15, 0.2) is 0 Å². The van der Waals surface area contributed by atoms with Crippen LogP contribution in [0.1, 0.15) is 41.5 Å². The number of aliphatic hydroxyl groups is 1. The van der Waals surface area contributed by atoms with Crippen LogP contribution in [0.15, 0.2) is 0 Å². The first-order valence-electron chi connectivity index (χ1n) is 7.44. The first-order chi connectivity index (χ1) is 9.08. The van der Waals surface area contributed by atoms with Gasteiger partial charge in [0.25, 0.3) is 0 Å². The highest BCUT2D eigenvalue weighted by Gasteiger charge is 2.41. The molecule has 1 N–H and O–H groups in total. The van der Waals surface area contributed by atoms with Crippen LogP contribution in [-0.4, -0.2) is 70.8 Å². The molecular formula is C15H30N2O3. The quantitative estimate of drug-likeness (QED) is 0.822. The molecule has 0 saturated carbocycles. The summed E-state index contributed by atoms with van der Waals surface area (Å²) in [5.74, 6) is 0.134. The fourth-order valence-electron chi connectivity index (χ4n) is 2.42. The fraction of sp³-hybridized carbons (Fsp3) is 0.933. The zero-order valence-corrected chi connectivity index (χ0v) is 13.8. The number of hydrogen-bond donors (Lipinski definition) is 1. The highest BCUT2D eigenvalue weighted by atomic mass is 16.5. The molecule has 1 saturated heterocycles. The summed E-state index contributed by atoms with van der Waals surface area (Å²) in [4.78, 5) is 16.3. The van der Waals surface area contributed by atoms with Crippen molar-refractivity contribution in [2.75, 3.05) is 32.8 Å². The number of carbonyl (C=O) groups is 1. The van der Waals surface area contributed by atoms with Crippen molar-refractivity contribution in [3.05, 3.63) is 0 Å². The molecule has 1 aliphatic rings. The molecule has 1 aliphatic heterocycles. The number of carbonyl (C=O) groups excluding carboxylic acids is 1. The van der Waals surface area contributed by atoms with Gasteiger partial charge in [-0.05, 0) is 41.5 Å². The van der Waals surface area contributed by atoms with Crippen LogP contribution in [0.5, 0.6) is 0 Å². The van der Waals surface area contributed by atoms with Crippen molar-refractivity contribution in [3.63, 3.8) is 0 Å². The molecule has 1 atom stereocenters. The zero-order valence-electron chi connectivity index (χ0n) is 13.8. The second-order valence-corrected chi connectivity index (χ2v) is 6.97. The zero-order chi connectivity index (χ0) is 15.6. The molecule has 0 bridgehead atoms. The summed E-state index contributed by atoms with van der Waals surface area (Å²) in [5, 5.41) is 10.1. The molecule has 1 amide bonds. The molecule has 5 nitrogen and oxygen atoms in total. The monoisotopic (exact) mass is 286 g/mol. The maximum absolute atomic E-state index is 12.4. The lowest BCUT2D eigenvalue weighted by atomic mass is 9.97. The largest absolute Gasteiger partial charge is 0.389 e. The molecule has 0 aromatic rings. The fourth-order valence-corrected chi connectivity index (χ4v) is 2.42. The van der Waals surface area contributed by atoms with Gasteiger partial charge in [-0.1, -0.05) is 0 Å². The Morgan fingerprint density at radius 2 is 1.95 bits per heavy atom. The minimum atomic E-state index is -0.575. The second kappa shape index (κ2) is 6.41. The van der Waals surface area contributed by atoms with Crippen molar-refractivity contribution in [2.24, 2.45) is 0 Å². The smallest absolute Gasteiger partial charge is 0.242 e. The number of ether oxygens (including phenoxy) is 1. The van der Waals surface area contributed by atoms with Gasteiger partial charge in [-0.3, -0.25) is 9.69 Å². The van der Waals surface area contributed by atoms with E-state index in [1.165, 1.54) is 0 Å². The molecule has 0 aliphatic carbocycles. The Labute approximate surface area is 122 Å². The van der Waals surface area contributed by atoms with Crippen LogP contribution in [0.3, 0.4) is 0 Å². The predicted octanol–water partition coefficient (Wildman–Crippen LogP) is 1.11. The Hall–Kier alpha value is -0.650. The highest BCUT2D eigenvalue weighted by Crippen LogP contribution is 2.22. The average Bonchev–Trinajstić information content (AvgIpc) is 2.32. The van der Waals surface area contributed by atoms with Crippen molar-refractivity contribution in [1.29, 1.82) is 0 Å². The molecule has 1 rings (SSSR count). The lowest BCUT2D eigenvalue weighted by Gasteiger charge is -2.46. The van der Waals surface area contributed by atoms with Crippen molar-refractivity contribution in [2.45, 2.75) is 58.8 Å². The van der Waals surface area contributed by atoms with E-state index in [1.807, 2.05) is 46.4 Å². The first kappa shape index (κ1) is 17.4. The average molecular weight is 286 g/mol. The summed E-state index contributed by atoms with van der Waals surface area (Å²) in [6.45, 7) is 14.8. The van der Waals surface area contributed by atoms with Crippen LogP contribution < -0.4 is 0 Å². The Kier molecular flexibility index (Phi) is 5.58. The molecule has 0 spiro atoms. The van der Waals surface area contributed by atoms with E-state index in [0.29, 0.717) is 13.2 Å². The second-order valence-electron chi connectivity index (χ2n) is 6.97. The van der Waals surface area contributed by atoms with Gasteiger partial charge < -0.3 is 14.7 Å². The number of likely N-dealkylation sites (N-methyl/N-ethyl adjacent to an activating group) is 1. The molecule has 0 radical (unpaired) electrons. The van der Waals surface area contributed by atoms with Gasteiger partial charge in [0.05, 0.1) is 23.9 Å². The maximum atomic E-state index is 12.4. The SMILES string of the molecule is CCN1CCN(C[C@@H](O)COC(C)(C)C)C(C)(C)C1=O. The van der Waals surface area contributed by atoms with Crippen LogP contribution in [0, 0.1) is 0 Å². The number of hydrogen-bond acceptors (Lipinski definition) is 4. The highest BCUT2D eigenvalue weighted by molar-refractivity contribution is 5.86. The minimum absolute atomic E-state index is 0.134. The third-order valence-corrected chi connectivity index (χ3v) is 3.76. The minimum Gasteiger partial charge on any atom is -0.389 e. The van der Waals surface area contributed by atoms with Crippen LogP contribution in [0.25, 0.3) is 0 Å². The Morgan fingerprint density at radius 3 is 2.45 bits per heavy atom. The molecule has 0 aromatic carbocycles. The molecule has 1 heterocycles. The van der Waals surface area contributed by atoms with E-state index < -0.39 is 11.6 Å². The molecule has 20 heavy (non-hydrogen) atoms. The Bertz CT molecular complexity index is 337. The van der Waals surface area contributed by atoms with Crippen LogP contribution in [-0.2, 0) is 9.53 Å². The van der Waals surface area contributed by atoms with E-state index in [2.05, 4.69) is 4.90 Å². The maximum Gasteiger partial charge on any atom is 0.242 e. The van der Waals surface area contributed by atoms with Gasteiger partial charge >= 0.3 is 0 Å². The van der Waals surface area contributed by atoms with E-state index in [4.69, 9.17) is 4.74 Å². The van der Waals surface area contributed by atoms with Gasteiger partial charge in [0.2, 0.25) is 5.91 Å². The van der Waals surface area contributed by atoms with Crippen molar-refractivity contribution < 1.29 is 14.6 Å². The van der Waals surface area contributed by atoms with Crippen LogP contribution in [0.4, 0.5) is 0 Å². The number of piperazine rings is 1. The standard InChI is InChI=1S/C15H30N2O3/c1-7-16-8-9-17(15(5,6)13(16)19)10-12(18)11-20-14(2,3)4/h12,18H,7-11H2,1-6H3/t12-/m1/s1. The van der Waals surface area contributed by atoms with E-state index in [-0.39, 0.29) is 11.5 Å². The van der Waals surface area contributed by atoms with E-state index in [0.717, 1.165) is 19.6 Å². The molecular weight excluding hydrogens is 256 g/mol. The number of β-amino-alcohol motifs (C(OH)–C–C–N with tert-alkyl or cyclic N) is 1. The van der Waals surface area contributed by atoms with Gasteiger partial charge in [0, 0.05) is 26.2 Å². The van der Waals surface area contributed by atoms with Gasteiger partial charge in [0.1, 0.15) is 0 Å². The van der Waals surface area contributed by atoms with Crippen molar-refractivity contribution in [1.82, 2.24) is 9.80 Å². The molecule has 0 aromatic heterocycles. The molecule has 118 valence electrons. The van der Waals surface area contributed by atoms with Crippen LogP contribution >= 0.6 is 0 Å². The summed E-state index contributed by atoms with van der Waals surface area (Å²) >= 11 is 0. The molecule has 1 fully saturated rings. The lowest BCUT2D eigenvalue weighted by molar-refractivity contribution is -0.151.